The van der Waals surface area contributed by atoms with Gasteiger partial charge >= 0.3 is 0 Å². The summed E-state index contributed by atoms with van der Waals surface area (Å²) in [5.74, 6) is 0.928. The average Bonchev–Trinajstić information content (AvgIpc) is 3.16. The van der Waals surface area contributed by atoms with Crippen molar-refractivity contribution in [1.29, 1.82) is 0 Å². The molecule has 0 fully saturated rings. The second-order valence-electron chi connectivity index (χ2n) is 6.50. The van der Waals surface area contributed by atoms with Gasteiger partial charge in [-0.2, -0.15) is 0 Å². The first-order chi connectivity index (χ1) is 13.4. The number of hydrogen-bond acceptors (Lipinski definition) is 5. The van der Waals surface area contributed by atoms with Gasteiger partial charge in [-0.3, -0.25) is 4.79 Å². The fourth-order valence-corrected chi connectivity index (χ4v) is 4.55. The van der Waals surface area contributed by atoms with Crippen LogP contribution in [0.15, 0.2) is 45.9 Å². The van der Waals surface area contributed by atoms with Crippen LogP contribution in [0.25, 0.3) is 6.08 Å². The highest BCUT2D eigenvalue weighted by Gasteiger charge is 2.23. The van der Waals surface area contributed by atoms with Crippen LogP contribution >= 0.6 is 0 Å². The third-order valence-corrected chi connectivity index (χ3v) is 6.17. The number of fused-ring (bicyclic) bond motifs is 1. The normalized spacial score (nSPS) is 16.7. The predicted octanol–water partition coefficient (Wildman–Crippen LogP) is 2.79. The Morgan fingerprint density at radius 1 is 1.36 bits per heavy atom. The predicted molar refractivity (Wildman–Crippen MR) is 105 cm³/mol. The molecule has 1 heterocycles. The minimum absolute atomic E-state index is 0.0368. The number of nitrogens with one attached hydrogen (secondary N) is 2. The number of furan rings is 1. The minimum atomic E-state index is -3.68. The molecule has 0 saturated heterocycles. The first-order valence-corrected chi connectivity index (χ1v) is 10.7. The lowest BCUT2D eigenvalue weighted by Crippen LogP contribution is -2.29. The molecule has 150 valence electrons. The Hall–Kier alpha value is -2.58. The smallest absolute Gasteiger partial charge is 0.244 e. The number of methoxy groups -OCH3 is 1. The molecule has 8 heteroatoms. The number of carbonyl (C=O) groups is 1. The van der Waals surface area contributed by atoms with Gasteiger partial charge in [-0.05, 0) is 42.7 Å². The second kappa shape index (κ2) is 8.62. The van der Waals surface area contributed by atoms with Crippen LogP contribution in [-0.2, 0) is 21.2 Å². The molecule has 1 unspecified atom stereocenters. The molecule has 2 aromatic rings. The zero-order valence-electron chi connectivity index (χ0n) is 15.9. The maximum atomic E-state index is 12.4. The summed E-state index contributed by atoms with van der Waals surface area (Å²) in [6, 6.07) is 6.57. The summed E-state index contributed by atoms with van der Waals surface area (Å²) in [5, 5.41) is 2.98. The first-order valence-electron chi connectivity index (χ1n) is 9.17. The summed E-state index contributed by atoms with van der Waals surface area (Å²) in [6.07, 6.45) is 7.34. The number of benzene rings is 1. The molecular formula is C20H24N2O5S. The Labute approximate surface area is 164 Å². The molecule has 1 atom stereocenters. The Bertz CT molecular complexity index is 978. The van der Waals surface area contributed by atoms with E-state index in [1.807, 2.05) is 6.07 Å². The molecule has 2 N–H and O–H groups in total. The van der Waals surface area contributed by atoms with Crippen molar-refractivity contribution in [3.63, 3.8) is 0 Å². The molecule has 1 aliphatic rings. The molecule has 1 aromatic carbocycles. The van der Waals surface area contributed by atoms with Crippen LogP contribution in [0, 0.1) is 0 Å². The Kier molecular flexibility index (Phi) is 6.21. The number of sulfonamides is 1. The quantitative estimate of drug-likeness (QED) is 0.692. The molecule has 0 radical (unpaired) electrons. The average molecular weight is 404 g/mol. The van der Waals surface area contributed by atoms with E-state index in [4.69, 9.17) is 9.15 Å². The molecule has 1 aliphatic carbocycles. The van der Waals surface area contributed by atoms with Crippen LogP contribution in [0.2, 0.25) is 0 Å². The number of carbonyl (C=O) groups excluding carboxylic acids is 1. The van der Waals surface area contributed by atoms with E-state index < -0.39 is 10.0 Å². The highest BCUT2D eigenvalue weighted by molar-refractivity contribution is 7.89. The summed E-state index contributed by atoms with van der Waals surface area (Å²) < 4.78 is 37.7. The van der Waals surface area contributed by atoms with E-state index in [0.717, 1.165) is 30.6 Å². The number of aryl methyl sites for hydroxylation is 1. The van der Waals surface area contributed by atoms with Crippen molar-refractivity contribution in [2.45, 2.75) is 37.1 Å². The van der Waals surface area contributed by atoms with E-state index >= 15 is 0 Å². The monoisotopic (exact) mass is 404 g/mol. The lowest BCUT2D eigenvalue weighted by molar-refractivity contribution is -0.117. The molecule has 1 amide bonds. The van der Waals surface area contributed by atoms with Crippen molar-refractivity contribution in [2.24, 2.45) is 0 Å². The number of hydrogen-bond donors (Lipinski definition) is 2. The van der Waals surface area contributed by atoms with Crippen LogP contribution in [0.5, 0.6) is 5.75 Å². The number of rotatable bonds is 7. The molecule has 1 aromatic heterocycles. The topological polar surface area (TPSA) is 97.6 Å². The van der Waals surface area contributed by atoms with Crippen molar-refractivity contribution in [1.82, 2.24) is 10.0 Å². The van der Waals surface area contributed by atoms with Gasteiger partial charge in [0.25, 0.3) is 0 Å². The lowest BCUT2D eigenvalue weighted by atomic mass is 9.93. The van der Waals surface area contributed by atoms with E-state index in [2.05, 4.69) is 10.0 Å². The minimum Gasteiger partial charge on any atom is -0.495 e. The van der Waals surface area contributed by atoms with E-state index in [0.29, 0.717) is 5.56 Å². The van der Waals surface area contributed by atoms with Gasteiger partial charge in [-0.1, -0.05) is 13.0 Å². The Balaban J connectivity index is 1.75. The molecule has 7 nitrogen and oxygen atoms in total. The lowest BCUT2D eigenvalue weighted by Gasteiger charge is -2.22. The van der Waals surface area contributed by atoms with Gasteiger partial charge in [0.15, 0.2) is 0 Å². The van der Waals surface area contributed by atoms with Crippen molar-refractivity contribution < 1.29 is 22.4 Å². The second-order valence-corrected chi connectivity index (χ2v) is 8.23. The molecule has 0 aliphatic heterocycles. The van der Waals surface area contributed by atoms with Crippen LogP contribution in [0.3, 0.4) is 0 Å². The number of ether oxygens (including phenoxy) is 1. The largest absolute Gasteiger partial charge is 0.495 e. The summed E-state index contributed by atoms with van der Waals surface area (Å²) in [5.41, 5.74) is 1.61. The third-order valence-electron chi connectivity index (χ3n) is 4.61. The van der Waals surface area contributed by atoms with Crippen LogP contribution in [-0.4, -0.2) is 28.0 Å². The van der Waals surface area contributed by atoms with Gasteiger partial charge < -0.3 is 14.5 Å². The van der Waals surface area contributed by atoms with Crippen molar-refractivity contribution >= 4 is 22.0 Å². The van der Waals surface area contributed by atoms with Gasteiger partial charge in [0.1, 0.15) is 16.4 Å². The zero-order chi connectivity index (χ0) is 20.1. The summed E-state index contributed by atoms with van der Waals surface area (Å²) in [7, 11) is -2.27. The van der Waals surface area contributed by atoms with Gasteiger partial charge in [0.05, 0.1) is 19.4 Å². The Morgan fingerprint density at radius 3 is 2.93 bits per heavy atom. The molecule has 0 bridgehead atoms. The maximum Gasteiger partial charge on any atom is 0.244 e. The fourth-order valence-electron chi connectivity index (χ4n) is 3.30. The van der Waals surface area contributed by atoms with E-state index in [9.17, 15) is 13.2 Å². The molecule has 0 saturated carbocycles. The van der Waals surface area contributed by atoms with Gasteiger partial charge in [0, 0.05) is 24.6 Å². The Morgan fingerprint density at radius 2 is 2.18 bits per heavy atom. The zero-order valence-corrected chi connectivity index (χ0v) is 16.7. The van der Waals surface area contributed by atoms with Gasteiger partial charge in [-0.25, -0.2) is 13.1 Å². The molecular weight excluding hydrogens is 380 g/mol. The van der Waals surface area contributed by atoms with E-state index in [1.165, 1.54) is 19.3 Å². The van der Waals surface area contributed by atoms with Gasteiger partial charge in [-0.15, -0.1) is 0 Å². The van der Waals surface area contributed by atoms with Crippen molar-refractivity contribution in [3.8, 4) is 5.75 Å². The van der Waals surface area contributed by atoms with Crippen molar-refractivity contribution in [2.75, 3.05) is 13.7 Å². The summed E-state index contributed by atoms with van der Waals surface area (Å²) in [6.45, 7) is 1.97. The summed E-state index contributed by atoms with van der Waals surface area (Å²) >= 11 is 0. The number of amides is 1. The maximum absolute atomic E-state index is 12.4. The summed E-state index contributed by atoms with van der Waals surface area (Å²) in [4.78, 5) is 12.4. The third kappa shape index (κ3) is 4.45. The van der Waals surface area contributed by atoms with E-state index in [-0.39, 0.29) is 29.1 Å². The molecule has 3 rings (SSSR count). The van der Waals surface area contributed by atoms with E-state index in [1.54, 1.807) is 31.4 Å². The molecule has 28 heavy (non-hydrogen) atoms. The van der Waals surface area contributed by atoms with Crippen molar-refractivity contribution in [3.05, 3.63) is 53.5 Å². The highest BCUT2D eigenvalue weighted by Crippen LogP contribution is 2.30. The first kappa shape index (κ1) is 20.2. The van der Waals surface area contributed by atoms with Crippen LogP contribution in [0.4, 0.5) is 0 Å². The van der Waals surface area contributed by atoms with Crippen LogP contribution in [0.1, 0.15) is 42.7 Å². The standard InChI is InChI=1S/C20H24N2O5S/c1-3-21-28(24,25)19-13-14(7-9-18(19)26-2)8-10-20(23)22-16-5-4-6-17-15(16)11-12-27-17/h7-13,16,21H,3-6H2,1-2H3,(H,22,23)/b10-8+. The molecule has 0 spiro atoms. The highest BCUT2D eigenvalue weighted by atomic mass is 32.2. The SMILES string of the molecule is CCNS(=O)(=O)c1cc(/C=C/C(=O)NC2CCCc3occc32)ccc1OC. The van der Waals surface area contributed by atoms with Crippen LogP contribution < -0.4 is 14.8 Å². The van der Waals surface area contributed by atoms with Gasteiger partial charge in [0.2, 0.25) is 15.9 Å². The fraction of sp³-hybridized carbons (Fsp3) is 0.350.